The first-order chi connectivity index (χ1) is 11.2. The lowest BCUT2D eigenvalue weighted by molar-refractivity contribution is 0.645. The Bertz CT molecular complexity index is 1090. The van der Waals surface area contributed by atoms with Crippen LogP contribution in [0.2, 0.25) is 0 Å². The summed E-state index contributed by atoms with van der Waals surface area (Å²) in [5.41, 5.74) is 4.81. The number of rotatable bonds is 0. The van der Waals surface area contributed by atoms with Crippen LogP contribution in [0.4, 0.5) is 0 Å². The summed E-state index contributed by atoms with van der Waals surface area (Å²) in [6.07, 6.45) is 5.97. The Morgan fingerprint density at radius 2 is 1.65 bits per heavy atom. The Balaban J connectivity index is 2.07. The quantitative estimate of drug-likeness (QED) is 0.452. The zero-order valence-electron chi connectivity index (χ0n) is 13.2. The lowest BCUT2D eigenvalue weighted by atomic mass is 9.69. The average Bonchev–Trinajstić information content (AvgIpc) is 2.59. The molecule has 0 saturated heterocycles. The topological polar surface area (TPSA) is 25.8 Å². The third-order valence-electron chi connectivity index (χ3n) is 5.14. The molecule has 23 heavy (non-hydrogen) atoms. The van der Waals surface area contributed by atoms with Crippen LogP contribution < -0.4 is 0 Å². The molecule has 0 spiro atoms. The molecule has 0 N–H and O–H groups in total. The van der Waals surface area contributed by atoms with E-state index >= 15 is 0 Å². The van der Waals surface area contributed by atoms with Gasteiger partial charge in [0.05, 0.1) is 5.69 Å². The van der Waals surface area contributed by atoms with Crippen LogP contribution in [0, 0.1) is 0 Å². The van der Waals surface area contributed by atoms with Crippen molar-refractivity contribution >= 4 is 21.5 Å². The standard InChI is InChI=1S/C21H16N2/c1-21(2)17-12-22-10-14-7-5-9-16(18(14)17)20-19(21)15-8-4-3-6-13(15)11-23-20/h3-12H,1-2H3. The number of benzene rings is 2. The van der Waals surface area contributed by atoms with E-state index in [1.165, 1.54) is 38.2 Å². The van der Waals surface area contributed by atoms with E-state index < -0.39 is 0 Å². The number of aromatic nitrogens is 2. The first-order valence-corrected chi connectivity index (χ1v) is 7.94. The molecule has 0 amide bonds. The number of hydrogen-bond acceptors (Lipinski definition) is 2. The van der Waals surface area contributed by atoms with Gasteiger partial charge in [-0.3, -0.25) is 9.97 Å². The third kappa shape index (κ3) is 1.53. The molecular formula is C21H16N2. The molecule has 4 aromatic rings. The highest BCUT2D eigenvalue weighted by atomic mass is 14.7. The molecule has 0 radical (unpaired) electrons. The molecule has 1 aliphatic carbocycles. The molecular weight excluding hydrogens is 280 g/mol. The van der Waals surface area contributed by atoms with Crippen molar-refractivity contribution in [2.45, 2.75) is 19.3 Å². The summed E-state index contributed by atoms with van der Waals surface area (Å²) in [6.45, 7) is 4.57. The fourth-order valence-corrected chi connectivity index (χ4v) is 4.04. The molecule has 0 bridgehead atoms. The Morgan fingerprint density at radius 1 is 0.826 bits per heavy atom. The van der Waals surface area contributed by atoms with Crippen LogP contribution in [0.15, 0.2) is 61.1 Å². The van der Waals surface area contributed by atoms with Crippen molar-refractivity contribution < 1.29 is 0 Å². The maximum atomic E-state index is 4.85. The second-order valence-corrected chi connectivity index (χ2v) is 6.78. The third-order valence-corrected chi connectivity index (χ3v) is 5.14. The van der Waals surface area contributed by atoms with Crippen LogP contribution in [0.25, 0.3) is 32.8 Å². The molecule has 2 heteroatoms. The maximum absolute atomic E-state index is 4.85. The summed E-state index contributed by atoms with van der Waals surface area (Å²) in [5.74, 6) is 0. The van der Waals surface area contributed by atoms with Crippen LogP contribution in [-0.4, -0.2) is 9.97 Å². The van der Waals surface area contributed by atoms with Gasteiger partial charge in [-0.25, -0.2) is 0 Å². The van der Waals surface area contributed by atoms with Gasteiger partial charge in [0.25, 0.3) is 0 Å². The van der Waals surface area contributed by atoms with Gasteiger partial charge in [0, 0.05) is 40.3 Å². The second-order valence-electron chi connectivity index (χ2n) is 6.78. The van der Waals surface area contributed by atoms with Crippen molar-refractivity contribution in [1.82, 2.24) is 9.97 Å². The van der Waals surface area contributed by atoms with E-state index in [1.807, 2.05) is 18.6 Å². The van der Waals surface area contributed by atoms with Gasteiger partial charge in [0.1, 0.15) is 0 Å². The molecule has 5 rings (SSSR count). The van der Waals surface area contributed by atoms with Crippen LogP contribution in [-0.2, 0) is 5.41 Å². The minimum absolute atomic E-state index is 0.121. The van der Waals surface area contributed by atoms with Gasteiger partial charge in [-0.05, 0) is 21.9 Å². The average molecular weight is 296 g/mol. The van der Waals surface area contributed by atoms with Gasteiger partial charge in [-0.2, -0.15) is 0 Å². The highest BCUT2D eigenvalue weighted by molar-refractivity contribution is 6.05. The van der Waals surface area contributed by atoms with Crippen molar-refractivity contribution in [2.24, 2.45) is 0 Å². The molecule has 2 nitrogen and oxygen atoms in total. The van der Waals surface area contributed by atoms with E-state index in [4.69, 9.17) is 4.98 Å². The SMILES string of the molecule is CC1(C)c2c(ncc3ccccc23)-c2cccc3cncc1c23. The van der Waals surface area contributed by atoms with Crippen molar-refractivity contribution in [3.8, 4) is 11.3 Å². The summed E-state index contributed by atoms with van der Waals surface area (Å²) in [4.78, 5) is 9.33. The van der Waals surface area contributed by atoms with E-state index in [0.29, 0.717) is 0 Å². The van der Waals surface area contributed by atoms with Crippen molar-refractivity contribution in [2.75, 3.05) is 0 Å². The van der Waals surface area contributed by atoms with Gasteiger partial charge in [-0.15, -0.1) is 0 Å². The van der Waals surface area contributed by atoms with Gasteiger partial charge in [0.15, 0.2) is 0 Å². The minimum atomic E-state index is -0.121. The zero-order valence-corrected chi connectivity index (χ0v) is 13.2. The number of pyridine rings is 2. The normalized spacial score (nSPS) is 14.9. The highest BCUT2D eigenvalue weighted by Crippen LogP contribution is 2.49. The molecule has 0 atom stereocenters. The molecule has 0 fully saturated rings. The largest absolute Gasteiger partial charge is 0.264 e. The van der Waals surface area contributed by atoms with Crippen LogP contribution in [0.5, 0.6) is 0 Å². The van der Waals surface area contributed by atoms with E-state index in [1.54, 1.807) is 0 Å². The van der Waals surface area contributed by atoms with Crippen LogP contribution in [0.3, 0.4) is 0 Å². The lowest BCUT2D eigenvalue weighted by Crippen LogP contribution is -2.25. The van der Waals surface area contributed by atoms with Crippen molar-refractivity contribution in [3.63, 3.8) is 0 Å². The van der Waals surface area contributed by atoms with Crippen LogP contribution >= 0.6 is 0 Å². The van der Waals surface area contributed by atoms with Gasteiger partial charge >= 0.3 is 0 Å². The Morgan fingerprint density at radius 3 is 2.57 bits per heavy atom. The maximum Gasteiger partial charge on any atom is 0.0755 e. The van der Waals surface area contributed by atoms with E-state index in [2.05, 4.69) is 61.3 Å². The number of hydrogen-bond donors (Lipinski definition) is 0. The molecule has 0 unspecified atom stereocenters. The van der Waals surface area contributed by atoms with Crippen molar-refractivity contribution in [3.05, 3.63) is 72.2 Å². The summed E-state index contributed by atoms with van der Waals surface area (Å²) in [5, 5.41) is 4.96. The van der Waals surface area contributed by atoms with Crippen LogP contribution in [0.1, 0.15) is 25.0 Å². The van der Waals surface area contributed by atoms with E-state index in [-0.39, 0.29) is 5.41 Å². The minimum Gasteiger partial charge on any atom is -0.264 e. The summed E-state index contributed by atoms with van der Waals surface area (Å²) in [6, 6.07) is 14.9. The number of fused-ring (bicyclic) bond motifs is 4. The fraction of sp³-hybridized carbons (Fsp3) is 0.143. The Kier molecular flexibility index (Phi) is 2.31. The predicted molar refractivity (Wildman–Crippen MR) is 94.6 cm³/mol. The summed E-state index contributed by atoms with van der Waals surface area (Å²) in [7, 11) is 0. The lowest BCUT2D eigenvalue weighted by Gasteiger charge is -2.34. The molecule has 2 aromatic carbocycles. The molecule has 110 valence electrons. The summed E-state index contributed by atoms with van der Waals surface area (Å²) < 4.78 is 0. The molecule has 2 heterocycles. The molecule has 0 aliphatic heterocycles. The first kappa shape index (κ1) is 12.8. The van der Waals surface area contributed by atoms with E-state index in [9.17, 15) is 0 Å². The zero-order chi connectivity index (χ0) is 15.6. The molecule has 2 aromatic heterocycles. The molecule has 0 saturated carbocycles. The van der Waals surface area contributed by atoms with Gasteiger partial charge < -0.3 is 0 Å². The fourth-order valence-electron chi connectivity index (χ4n) is 4.04. The monoisotopic (exact) mass is 296 g/mol. The molecule has 1 aliphatic rings. The Hall–Kier alpha value is -2.74. The van der Waals surface area contributed by atoms with E-state index in [0.717, 1.165) is 5.69 Å². The number of nitrogens with zero attached hydrogens (tertiary/aromatic N) is 2. The Labute approximate surface area is 134 Å². The smallest absolute Gasteiger partial charge is 0.0755 e. The van der Waals surface area contributed by atoms with Crippen molar-refractivity contribution in [1.29, 1.82) is 0 Å². The van der Waals surface area contributed by atoms with Gasteiger partial charge in [0.2, 0.25) is 0 Å². The second kappa shape index (κ2) is 4.17. The van der Waals surface area contributed by atoms with Gasteiger partial charge in [-0.1, -0.05) is 56.3 Å². The first-order valence-electron chi connectivity index (χ1n) is 7.94. The highest BCUT2D eigenvalue weighted by Gasteiger charge is 2.35. The summed E-state index contributed by atoms with van der Waals surface area (Å²) >= 11 is 0. The predicted octanol–water partition coefficient (Wildman–Crippen LogP) is 5.09.